The number of carbonyl (C=O) groups is 1. The minimum absolute atomic E-state index is 0.449. The zero-order chi connectivity index (χ0) is 11.0. The van der Waals surface area contributed by atoms with Crippen LogP contribution in [0.25, 0.3) is 0 Å². The molecule has 0 spiro atoms. The zero-order valence-corrected chi connectivity index (χ0v) is 9.42. The number of aliphatic carboxylic acids is 1. The molecule has 0 aliphatic heterocycles. The molecule has 0 rings (SSSR count). The van der Waals surface area contributed by atoms with E-state index in [0.29, 0.717) is 5.57 Å². The normalized spacial score (nSPS) is 12.1. The molecule has 0 heterocycles. The molecule has 0 saturated carbocycles. The number of hydrogen-bond donors (Lipinski definition) is 1. The summed E-state index contributed by atoms with van der Waals surface area (Å²) < 4.78 is 0. The largest absolute Gasteiger partial charge is 0.478 e. The van der Waals surface area contributed by atoms with E-state index in [1.165, 1.54) is 0 Å². The molecule has 0 aliphatic rings. The van der Waals surface area contributed by atoms with Crippen molar-refractivity contribution >= 4 is 5.97 Å². The van der Waals surface area contributed by atoms with E-state index < -0.39 is 5.97 Å². The minimum Gasteiger partial charge on any atom is -0.478 e. The maximum atomic E-state index is 10.5. The van der Waals surface area contributed by atoms with Crippen LogP contribution in [0.15, 0.2) is 11.6 Å². The third-order valence-corrected chi connectivity index (χ3v) is 2.36. The van der Waals surface area contributed by atoms with Gasteiger partial charge in [0.05, 0.1) is 0 Å². The lowest BCUT2D eigenvalue weighted by Crippen LogP contribution is -2.23. The first-order chi connectivity index (χ1) is 6.61. The fourth-order valence-electron chi connectivity index (χ4n) is 1.26. The molecule has 3 heteroatoms. The smallest absolute Gasteiger partial charge is 0.330 e. The summed E-state index contributed by atoms with van der Waals surface area (Å²) in [7, 11) is 0. The summed E-state index contributed by atoms with van der Waals surface area (Å²) >= 11 is 0. The Morgan fingerprint density at radius 2 is 1.93 bits per heavy atom. The quantitative estimate of drug-likeness (QED) is 0.504. The standard InChI is InChI=1S/C11H21NO2/c1-4-12(5-2)9-7-6-8-10(3)11(13)14/h8H,4-7,9H2,1-3H3,(H,13,14). The highest BCUT2D eigenvalue weighted by molar-refractivity contribution is 5.85. The second kappa shape index (κ2) is 7.56. The van der Waals surface area contributed by atoms with E-state index in [4.69, 9.17) is 5.11 Å². The first kappa shape index (κ1) is 13.2. The number of unbranched alkanes of at least 4 members (excludes halogenated alkanes) is 1. The topological polar surface area (TPSA) is 40.5 Å². The fourth-order valence-corrected chi connectivity index (χ4v) is 1.26. The first-order valence-electron chi connectivity index (χ1n) is 5.24. The average molecular weight is 199 g/mol. The molecule has 1 N–H and O–H groups in total. The number of carboxylic acid groups (broad SMARTS) is 1. The minimum atomic E-state index is -0.812. The van der Waals surface area contributed by atoms with Crippen LogP contribution >= 0.6 is 0 Å². The third-order valence-electron chi connectivity index (χ3n) is 2.36. The van der Waals surface area contributed by atoms with Gasteiger partial charge in [0.25, 0.3) is 0 Å². The van der Waals surface area contributed by atoms with Crippen LogP contribution < -0.4 is 0 Å². The summed E-state index contributed by atoms with van der Waals surface area (Å²) in [6, 6.07) is 0. The molecule has 0 aliphatic carbocycles. The number of nitrogens with zero attached hydrogens (tertiary/aromatic N) is 1. The van der Waals surface area contributed by atoms with Crippen LogP contribution in [0.5, 0.6) is 0 Å². The van der Waals surface area contributed by atoms with Gasteiger partial charge in [0.1, 0.15) is 0 Å². The SMILES string of the molecule is CCN(CC)CCCC=C(C)C(=O)O. The van der Waals surface area contributed by atoms with Gasteiger partial charge in [-0.25, -0.2) is 4.79 Å². The van der Waals surface area contributed by atoms with E-state index in [1.54, 1.807) is 13.0 Å². The van der Waals surface area contributed by atoms with Crippen LogP contribution in [0.2, 0.25) is 0 Å². The van der Waals surface area contributed by atoms with Crippen LogP contribution in [0.1, 0.15) is 33.6 Å². The molecule has 0 amide bonds. The van der Waals surface area contributed by atoms with Gasteiger partial charge in [0, 0.05) is 5.57 Å². The summed E-state index contributed by atoms with van der Waals surface area (Å²) in [5, 5.41) is 8.60. The highest BCUT2D eigenvalue weighted by atomic mass is 16.4. The van der Waals surface area contributed by atoms with E-state index in [1.807, 2.05) is 0 Å². The van der Waals surface area contributed by atoms with Crippen molar-refractivity contribution in [2.24, 2.45) is 0 Å². The Labute approximate surface area is 86.4 Å². The maximum Gasteiger partial charge on any atom is 0.330 e. The molecule has 0 aromatic rings. The van der Waals surface area contributed by atoms with Crippen molar-refractivity contribution in [1.29, 1.82) is 0 Å². The molecule has 0 fully saturated rings. The molecule has 0 unspecified atom stereocenters. The molecule has 82 valence electrons. The van der Waals surface area contributed by atoms with E-state index in [9.17, 15) is 4.79 Å². The van der Waals surface area contributed by atoms with Gasteiger partial charge in [-0.3, -0.25) is 0 Å². The van der Waals surface area contributed by atoms with Crippen LogP contribution in [0.3, 0.4) is 0 Å². The van der Waals surface area contributed by atoms with Gasteiger partial charge in [0.2, 0.25) is 0 Å². The monoisotopic (exact) mass is 199 g/mol. The van der Waals surface area contributed by atoms with E-state index in [0.717, 1.165) is 32.5 Å². The van der Waals surface area contributed by atoms with Crippen LogP contribution in [-0.2, 0) is 4.79 Å². The Balaban J connectivity index is 3.64. The predicted octanol–water partition coefficient (Wildman–Crippen LogP) is 2.14. The summed E-state index contributed by atoms with van der Waals surface area (Å²) in [6.07, 6.45) is 3.69. The zero-order valence-electron chi connectivity index (χ0n) is 9.42. The lowest BCUT2D eigenvalue weighted by Gasteiger charge is -2.16. The van der Waals surface area contributed by atoms with Gasteiger partial charge in [0.15, 0.2) is 0 Å². The van der Waals surface area contributed by atoms with Crippen molar-refractivity contribution in [2.45, 2.75) is 33.6 Å². The number of hydrogen-bond acceptors (Lipinski definition) is 2. The lowest BCUT2D eigenvalue weighted by atomic mass is 10.2. The van der Waals surface area contributed by atoms with Gasteiger partial charge in [-0.15, -0.1) is 0 Å². The molecule has 0 aromatic carbocycles. The Hall–Kier alpha value is -0.830. The maximum absolute atomic E-state index is 10.5. The molecule has 14 heavy (non-hydrogen) atoms. The number of allylic oxidation sites excluding steroid dienone is 1. The first-order valence-corrected chi connectivity index (χ1v) is 5.24. The van der Waals surface area contributed by atoms with Gasteiger partial charge < -0.3 is 10.0 Å². The molecule has 3 nitrogen and oxygen atoms in total. The average Bonchev–Trinajstić information content (AvgIpc) is 2.17. The summed E-state index contributed by atoms with van der Waals surface area (Å²) in [5.41, 5.74) is 0.449. The van der Waals surface area contributed by atoms with Crippen molar-refractivity contribution in [2.75, 3.05) is 19.6 Å². The van der Waals surface area contributed by atoms with Crippen LogP contribution in [0, 0.1) is 0 Å². The van der Waals surface area contributed by atoms with Gasteiger partial charge in [-0.1, -0.05) is 19.9 Å². The molecule has 0 bridgehead atoms. The van der Waals surface area contributed by atoms with Gasteiger partial charge in [-0.2, -0.15) is 0 Å². The van der Waals surface area contributed by atoms with Crippen LogP contribution in [-0.4, -0.2) is 35.6 Å². The molecule has 0 aromatic heterocycles. The Kier molecular flexibility index (Phi) is 7.11. The predicted molar refractivity (Wildman–Crippen MR) is 58.4 cm³/mol. The summed E-state index contributed by atoms with van der Waals surface area (Å²) in [6.45, 7) is 9.11. The van der Waals surface area contributed by atoms with Crippen molar-refractivity contribution in [3.8, 4) is 0 Å². The fraction of sp³-hybridized carbons (Fsp3) is 0.727. The highest BCUT2D eigenvalue weighted by Gasteiger charge is 1.99. The molecule has 0 saturated heterocycles. The van der Waals surface area contributed by atoms with E-state index in [2.05, 4.69) is 18.7 Å². The van der Waals surface area contributed by atoms with Gasteiger partial charge in [-0.05, 0) is 39.4 Å². The Morgan fingerprint density at radius 1 is 1.36 bits per heavy atom. The third kappa shape index (κ3) is 5.75. The molecule has 0 atom stereocenters. The molecular weight excluding hydrogens is 178 g/mol. The lowest BCUT2D eigenvalue weighted by molar-refractivity contribution is -0.132. The van der Waals surface area contributed by atoms with Crippen molar-refractivity contribution in [3.63, 3.8) is 0 Å². The Morgan fingerprint density at radius 3 is 2.36 bits per heavy atom. The molecule has 0 radical (unpaired) electrons. The molecular formula is C11H21NO2. The van der Waals surface area contributed by atoms with Crippen molar-refractivity contribution < 1.29 is 9.90 Å². The number of carboxylic acids is 1. The second-order valence-electron chi connectivity index (χ2n) is 3.36. The van der Waals surface area contributed by atoms with E-state index >= 15 is 0 Å². The summed E-state index contributed by atoms with van der Waals surface area (Å²) in [4.78, 5) is 12.8. The summed E-state index contributed by atoms with van der Waals surface area (Å²) in [5.74, 6) is -0.812. The van der Waals surface area contributed by atoms with Crippen LogP contribution in [0.4, 0.5) is 0 Å². The Bertz CT molecular complexity index is 195. The van der Waals surface area contributed by atoms with E-state index in [-0.39, 0.29) is 0 Å². The highest BCUT2D eigenvalue weighted by Crippen LogP contribution is 2.00. The number of rotatable bonds is 7. The van der Waals surface area contributed by atoms with Crippen molar-refractivity contribution in [3.05, 3.63) is 11.6 Å². The van der Waals surface area contributed by atoms with Gasteiger partial charge >= 0.3 is 5.97 Å². The van der Waals surface area contributed by atoms with Crippen molar-refractivity contribution in [1.82, 2.24) is 4.90 Å². The second-order valence-corrected chi connectivity index (χ2v) is 3.36.